The van der Waals surface area contributed by atoms with Gasteiger partial charge in [-0.2, -0.15) is 0 Å². The average Bonchev–Trinajstić information content (AvgIpc) is 0. The molecule has 0 atom stereocenters. The summed E-state index contributed by atoms with van der Waals surface area (Å²) in [7, 11) is 0. The Hall–Kier alpha value is 2.18. The normalized spacial score (nSPS) is 0. The van der Waals surface area contributed by atoms with E-state index in [2.05, 4.69) is 0 Å². The topological polar surface area (TPSA) is 0 Å². The Morgan fingerprint density at radius 3 is 0.750 bits per heavy atom. The minimum atomic E-state index is 0. The minimum absolute atomic E-state index is 0. The van der Waals surface area contributed by atoms with E-state index >= 15 is 0 Å². The molecule has 0 bridgehead atoms. The Morgan fingerprint density at radius 1 is 0.750 bits per heavy atom. The van der Waals surface area contributed by atoms with Crippen molar-refractivity contribution in [3.8, 4) is 0 Å². The van der Waals surface area contributed by atoms with E-state index in [1.807, 2.05) is 0 Å². The molecule has 0 aliphatic carbocycles. The number of hydrogen-bond donors (Lipinski definition) is 0. The zero-order valence-electron chi connectivity index (χ0n) is 2.76. The summed E-state index contributed by atoms with van der Waals surface area (Å²) in [6, 6.07) is 0. The van der Waals surface area contributed by atoms with E-state index in [0.717, 1.165) is 0 Å². The fraction of sp³-hybridized carbons (Fsp3) is 0. The number of hydrogen-bond acceptors (Lipinski definition) is 0. The van der Waals surface area contributed by atoms with Crippen LogP contribution in [0.4, 0.5) is 0 Å². The summed E-state index contributed by atoms with van der Waals surface area (Å²) in [6.07, 6.45) is 0. The molecule has 0 aliphatic heterocycles. The van der Waals surface area contributed by atoms with Crippen LogP contribution in [-0.2, 0) is 0 Å². The van der Waals surface area contributed by atoms with Crippen molar-refractivity contribution < 1.29 is 73.2 Å². The van der Waals surface area contributed by atoms with Crippen LogP contribution >= 0.6 is 0 Å². The molecule has 0 saturated heterocycles. The second kappa shape index (κ2) is 19.1. The first-order chi connectivity index (χ1) is 0. The van der Waals surface area contributed by atoms with E-state index < -0.39 is 0 Å². The van der Waals surface area contributed by atoms with Crippen molar-refractivity contribution in [3.63, 3.8) is 0 Å². The van der Waals surface area contributed by atoms with Crippen molar-refractivity contribution in [3.05, 3.63) is 0 Å². The van der Waals surface area contributed by atoms with Crippen molar-refractivity contribution in [1.82, 2.24) is 0 Å². The van der Waals surface area contributed by atoms with E-state index in [0.29, 0.717) is 0 Å². The van der Waals surface area contributed by atoms with Gasteiger partial charge in [0.1, 0.15) is 0 Å². The quantitative estimate of drug-likeness (QED) is 0.266. The molecule has 0 nitrogen and oxygen atoms in total. The molecule has 0 aromatic carbocycles. The molecule has 4 heavy (non-hydrogen) atoms. The molecule has 0 unspecified atom stereocenters. The van der Waals surface area contributed by atoms with Gasteiger partial charge in [0.05, 0.1) is 0 Å². The molecule has 0 radical (unpaired) electrons. The number of rotatable bonds is 0. The molecular weight excluding hydrogens is 101 g/mol. The van der Waals surface area contributed by atoms with Gasteiger partial charge < -0.3 is 24.8 Å². The van der Waals surface area contributed by atoms with Crippen LogP contribution in [0.3, 0.4) is 0 Å². The third kappa shape index (κ3) is 8.90. The standard InChI is InChI=1S/2ClH.Li.Na/h2*1H;;/q;;2*+1/p-2. The first kappa shape index (κ1) is 34.9. The first-order valence-corrected chi connectivity index (χ1v) is 0. The van der Waals surface area contributed by atoms with Gasteiger partial charge in [-0.1, -0.05) is 0 Å². The largest absolute Gasteiger partial charge is 1.00 e. The molecule has 0 rings (SSSR count). The van der Waals surface area contributed by atoms with Crippen molar-refractivity contribution in [1.29, 1.82) is 0 Å². The summed E-state index contributed by atoms with van der Waals surface area (Å²) in [4.78, 5) is 0. The van der Waals surface area contributed by atoms with Crippen LogP contribution in [0.15, 0.2) is 0 Å². The van der Waals surface area contributed by atoms with Gasteiger partial charge in [-0.15, -0.1) is 0 Å². The first-order valence-electron chi connectivity index (χ1n) is 0. The van der Waals surface area contributed by atoms with E-state index in [1.165, 1.54) is 0 Å². The van der Waals surface area contributed by atoms with Gasteiger partial charge in [0.15, 0.2) is 0 Å². The van der Waals surface area contributed by atoms with Gasteiger partial charge in [0.2, 0.25) is 0 Å². The molecule has 0 fully saturated rings. The second-order valence-corrected chi connectivity index (χ2v) is 0. The van der Waals surface area contributed by atoms with Crippen LogP contribution in [0, 0.1) is 0 Å². The van der Waals surface area contributed by atoms with Crippen LogP contribution in [-0.4, -0.2) is 0 Å². The third-order valence-corrected chi connectivity index (χ3v) is 0. The minimum Gasteiger partial charge on any atom is -1.00 e. The summed E-state index contributed by atoms with van der Waals surface area (Å²) in [5, 5.41) is 0. The predicted molar refractivity (Wildman–Crippen MR) is 0 cm³/mol. The Kier molecular flexibility index (Phi) is 166. The van der Waals surface area contributed by atoms with Gasteiger partial charge >= 0.3 is 48.4 Å². The summed E-state index contributed by atoms with van der Waals surface area (Å²) >= 11 is 0. The van der Waals surface area contributed by atoms with Gasteiger partial charge in [-0.25, -0.2) is 0 Å². The zero-order chi connectivity index (χ0) is 0. The van der Waals surface area contributed by atoms with Crippen LogP contribution in [0.2, 0.25) is 0 Å². The van der Waals surface area contributed by atoms with E-state index in [4.69, 9.17) is 0 Å². The van der Waals surface area contributed by atoms with Crippen molar-refractivity contribution in [2.75, 3.05) is 0 Å². The van der Waals surface area contributed by atoms with E-state index in [1.54, 1.807) is 0 Å². The van der Waals surface area contributed by atoms with Crippen molar-refractivity contribution >= 4 is 0 Å². The summed E-state index contributed by atoms with van der Waals surface area (Å²) in [6.45, 7) is 0. The third-order valence-electron chi connectivity index (χ3n) is 0. The van der Waals surface area contributed by atoms with Crippen molar-refractivity contribution in [2.24, 2.45) is 0 Å². The smallest absolute Gasteiger partial charge is 1.00 e. The van der Waals surface area contributed by atoms with Gasteiger partial charge in [0.25, 0.3) is 0 Å². The molecule has 0 aliphatic rings. The predicted octanol–water partition coefficient (Wildman–Crippen LogP) is -12.0. The molecule has 0 amide bonds. The number of halogens is 2. The maximum atomic E-state index is 0. The Balaban J connectivity index is 0. The fourth-order valence-corrected chi connectivity index (χ4v) is 0. The molecule has 0 aromatic heterocycles. The van der Waals surface area contributed by atoms with Crippen LogP contribution in [0.1, 0.15) is 0 Å². The SMILES string of the molecule is [Cl-].[Cl-].[Li+].[Na+]. The van der Waals surface area contributed by atoms with Crippen LogP contribution in [0.25, 0.3) is 0 Å². The van der Waals surface area contributed by atoms with Crippen molar-refractivity contribution in [2.45, 2.75) is 0 Å². The second-order valence-electron chi connectivity index (χ2n) is 0. The monoisotopic (exact) mass is 99.9 g/mol. The average molecular weight is 101 g/mol. The maximum absolute atomic E-state index is 0. The van der Waals surface area contributed by atoms with Crippen LogP contribution in [0.5, 0.6) is 0 Å². The molecule has 16 valence electrons. The van der Waals surface area contributed by atoms with Gasteiger partial charge in [-0.05, 0) is 0 Å². The van der Waals surface area contributed by atoms with E-state index in [9.17, 15) is 0 Å². The summed E-state index contributed by atoms with van der Waals surface area (Å²) in [5.74, 6) is 0. The molecular formula is Cl2LiNa. The molecule has 0 spiro atoms. The Bertz CT molecular complexity index is 6.00. The van der Waals surface area contributed by atoms with Crippen LogP contribution < -0.4 is 73.2 Å². The van der Waals surface area contributed by atoms with Gasteiger partial charge in [-0.3, -0.25) is 0 Å². The molecule has 0 heterocycles. The maximum Gasteiger partial charge on any atom is 1.00 e. The fourth-order valence-electron chi connectivity index (χ4n) is 0. The summed E-state index contributed by atoms with van der Waals surface area (Å²) in [5.41, 5.74) is 0. The molecule has 0 saturated carbocycles. The molecule has 4 heteroatoms. The zero-order valence-corrected chi connectivity index (χ0v) is 6.27. The van der Waals surface area contributed by atoms with E-state index in [-0.39, 0.29) is 73.2 Å². The Morgan fingerprint density at radius 2 is 0.750 bits per heavy atom. The summed E-state index contributed by atoms with van der Waals surface area (Å²) < 4.78 is 0. The van der Waals surface area contributed by atoms with Gasteiger partial charge in [0, 0.05) is 0 Å². The molecule has 0 aromatic rings. The Labute approximate surface area is 72.4 Å². The molecule has 0 N–H and O–H groups in total.